The van der Waals surface area contributed by atoms with Gasteiger partial charge in [0.1, 0.15) is 12.4 Å². The van der Waals surface area contributed by atoms with Crippen LogP contribution in [0.1, 0.15) is 30.7 Å². The molecule has 1 aromatic heterocycles. The van der Waals surface area contributed by atoms with Crippen molar-refractivity contribution >= 4 is 0 Å². The summed E-state index contributed by atoms with van der Waals surface area (Å²) in [5, 5.41) is 0. The van der Waals surface area contributed by atoms with Gasteiger partial charge >= 0.3 is 0 Å². The number of ether oxygens (including phenoxy) is 1. The van der Waals surface area contributed by atoms with Crippen molar-refractivity contribution in [2.24, 2.45) is 0 Å². The van der Waals surface area contributed by atoms with E-state index in [0.29, 0.717) is 6.61 Å². The molecule has 0 aliphatic carbocycles. The fourth-order valence-corrected chi connectivity index (χ4v) is 2.47. The van der Waals surface area contributed by atoms with Gasteiger partial charge in [-0.2, -0.15) is 0 Å². The molecule has 2 heteroatoms. The number of aryl methyl sites for hydroxylation is 1. The Bertz CT molecular complexity index is 749. The Morgan fingerprint density at radius 3 is 2.25 bits per heavy atom. The van der Waals surface area contributed by atoms with E-state index in [-0.39, 0.29) is 0 Å². The molecule has 0 aliphatic heterocycles. The maximum atomic E-state index is 5.86. The van der Waals surface area contributed by atoms with E-state index < -0.39 is 0 Å². The largest absolute Gasteiger partial charge is 0.487 e. The molecule has 124 valence electrons. The van der Waals surface area contributed by atoms with Crippen molar-refractivity contribution in [2.45, 2.75) is 34.3 Å². The van der Waals surface area contributed by atoms with Crippen LogP contribution < -0.4 is 4.74 Å². The predicted octanol–water partition coefficient (Wildman–Crippen LogP) is 5.97. The van der Waals surface area contributed by atoms with E-state index in [1.54, 1.807) is 6.20 Å². The number of hydrogen-bond donors (Lipinski definition) is 0. The van der Waals surface area contributed by atoms with E-state index >= 15 is 0 Å². The van der Waals surface area contributed by atoms with E-state index in [1.807, 2.05) is 39.0 Å². The molecule has 2 nitrogen and oxygen atoms in total. The first-order valence-corrected chi connectivity index (χ1v) is 8.43. The van der Waals surface area contributed by atoms with Crippen LogP contribution in [0.3, 0.4) is 0 Å². The Hall–Kier alpha value is -2.61. The van der Waals surface area contributed by atoms with Gasteiger partial charge in [0, 0.05) is 5.69 Å². The van der Waals surface area contributed by atoms with Crippen molar-refractivity contribution in [1.29, 1.82) is 0 Å². The predicted molar refractivity (Wildman–Crippen MR) is 101 cm³/mol. The quantitative estimate of drug-likeness (QED) is 0.591. The minimum Gasteiger partial charge on any atom is -0.487 e. The first kappa shape index (κ1) is 17.7. The highest BCUT2D eigenvalue weighted by Gasteiger charge is 2.06. The lowest BCUT2D eigenvalue weighted by molar-refractivity contribution is 0.304. The van der Waals surface area contributed by atoms with Crippen LogP contribution in [0.4, 0.5) is 0 Å². The van der Waals surface area contributed by atoms with Crippen LogP contribution >= 0.6 is 0 Å². The second kappa shape index (κ2) is 8.88. The minimum absolute atomic E-state index is 0.553. The van der Waals surface area contributed by atoms with Gasteiger partial charge in [0.05, 0.1) is 6.20 Å². The van der Waals surface area contributed by atoms with Crippen LogP contribution in [0, 0.1) is 13.8 Å². The molecule has 3 rings (SSSR count). The van der Waals surface area contributed by atoms with E-state index in [0.717, 1.165) is 11.4 Å². The highest BCUT2D eigenvalue weighted by Crippen LogP contribution is 2.26. The molecule has 0 saturated heterocycles. The summed E-state index contributed by atoms with van der Waals surface area (Å²) >= 11 is 0. The molecular weight excluding hydrogens is 294 g/mol. The van der Waals surface area contributed by atoms with Crippen molar-refractivity contribution in [3.8, 4) is 16.9 Å². The van der Waals surface area contributed by atoms with Crippen molar-refractivity contribution in [3.05, 3.63) is 83.7 Å². The zero-order chi connectivity index (χ0) is 17.4. The summed E-state index contributed by atoms with van der Waals surface area (Å²) in [5.74, 6) is 0.801. The van der Waals surface area contributed by atoms with E-state index in [1.165, 1.54) is 22.3 Å². The summed E-state index contributed by atoms with van der Waals surface area (Å²) in [4.78, 5) is 4.25. The molecule has 0 radical (unpaired) electrons. The molecule has 0 aliphatic rings. The third kappa shape index (κ3) is 4.45. The SMILES string of the molecule is CC.Cc1ccc(OCc2cccc(-c3ccccc3)c2C)cn1. The molecule has 2 aromatic carbocycles. The van der Waals surface area contributed by atoms with Crippen LogP contribution in [-0.4, -0.2) is 4.98 Å². The Labute approximate surface area is 145 Å². The summed E-state index contributed by atoms with van der Waals surface area (Å²) in [7, 11) is 0. The second-order valence-electron chi connectivity index (χ2n) is 5.38. The Kier molecular flexibility index (Phi) is 6.56. The van der Waals surface area contributed by atoms with Crippen LogP contribution in [-0.2, 0) is 6.61 Å². The normalized spacial score (nSPS) is 9.83. The van der Waals surface area contributed by atoms with Crippen molar-refractivity contribution in [1.82, 2.24) is 4.98 Å². The number of nitrogens with zero attached hydrogens (tertiary/aromatic N) is 1. The average Bonchev–Trinajstić information content (AvgIpc) is 2.65. The number of hydrogen-bond acceptors (Lipinski definition) is 2. The summed E-state index contributed by atoms with van der Waals surface area (Å²) in [6.45, 7) is 8.67. The van der Waals surface area contributed by atoms with Gasteiger partial charge in [0.2, 0.25) is 0 Å². The third-order valence-corrected chi connectivity index (χ3v) is 3.81. The summed E-state index contributed by atoms with van der Waals surface area (Å²) in [5.41, 5.74) is 5.94. The molecule has 0 fully saturated rings. The second-order valence-corrected chi connectivity index (χ2v) is 5.38. The first-order chi connectivity index (χ1) is 11.7. The van der Waals surface area contributed by atoms with Gasteiger partial charge in [-0.25, -0.2) is 0 Å². The lowest BCUT2D eigenvalue weighted by Crippen LogP contribution is -1.99. The Balaban J connectivity index is 0.00000100. The molecular formula is C22H25NO. The van der Waals surface area contributed by atoms with Gasteiger partial charge in [0.15, 0.2) is 0 Å². The lowest BCUT2D eigenvalue weighted by atomic mass is 9.97. The average molecular weight is 319 g/mol. The van der Waals surface area contributed by atoms with Gasteiger partial charge in [0.25, 0.3) is 0 Å². The Morgan fingerprint density at radius 1 is 0.833 bits per heavy atom. The van der Waals surface area contributed by atoms with Gasteiger partial charge in [-0.3, -0.25) is 4.98 Å². The van der Waals surface area contributed by atoms with Crippen LogP contribution in [0.25, 0.3) is 11.1 Å². The molecule has 24 heavy (non-hydrogen) atoms. The van der Waals surface area contributed by atoms with Crippen molar-refractivity contribution in [2.75, 3.05) is 0 Å². The van der Waals surface area contributed by atoms with Crippen LogP contribution in [0.5, 0.6) is 5.75 Å². The molecule has 3 aromatic rings. The Morgan fingerprint density at radius 2 is 1.58 bits per heavy atom. The molecule has 0 amide bonds. The standard InChI is InChI=1S/C20H19NO.C2H6/c1-15-11-12-19(13-21-15)22-14-18-9-6-10-20(16(18)2)17-7-4-3-5-8-17;1-2/h3-13H,14H2,1-2H3;1-2H3. The van der Waals surface area contributed by atoms with E-state index in [4.69, 9.17) is 4.74 Å². The maximum absolute atomic E-state index is 5.86. The molecule has 1 heterocycles. The molecule has 0 spiro atoms. The highest BCUT2D eigenvalue weighted by atomic mass is 16.5. The highest BCUT2D eigenvalue weighted by molar-refractivity contribution is 5.68. The van der Waals surface area contributed by atoms with Crippen molar-refractivity contribution in [3.63, 3.8) is 0 Å². The number of aromatic nitrogens is 1. The number of benzene rings is 2. The number of rotatable bonds is 4. The molecule has 0 N–H and O–H groups in total. The minimum atomic E-state index is 0.553. The summed E-state index contributed by atoms with van der Waals surface area (Å²) in [6, 6.07) is 20.7. The molecule has 0 atom stereocenters. The first-order valence-electron chi connectivity index (χ1n) is 8.43. The lowest BCUT2D eigenvalue weighted by Gasteiger charge is -2.12. The molecule has 0 saturated carbocycles. The monoisotopic (exact) mass is 319 g/mol. The smallest absolute Gasteiger partial charge is 0.138 e. The van der Waals surface area contributed by atoms with E-state index in [2.05, 4.69) is 54.4 Å². The summed E-state index contributed by atoms with van der Waals surface area (Å²) in [6.07, 6.45) is 1.77. The molecule has 0 bridgehead atoms. The van der Waals surface area contributed by atoms with Gasteiger partial charge < -0.3 is 4.74 Å². The van der Waals surface area contributed by atoms with Crippen molar-refractivity contribution < 1.29 is 4.74 Å². The van der Waals surface area contributed by atoms with Gasteiger partial charge in [-0.15, -0.1) is 0 Å². The zero-order valence-electron chi connectivity index (χ0n) is 14.9. The fourth-order valence-electron chi connectivity index (χ4n) is 2.47. The zero-order valence-corrected chi connectivity index (χ0v) is 14.9. The number of pyridine rings is 1. The summed E-state index contributed by atoms with van der Waals surface area (Å²) < 4.78 is 5.86. The van der Waals surface area contributed by atoms with Crippen LogP contribution in [0.2, 0.25) is 0 Å². The maximum Gasteiger partial charge on any atom is 0.138 e. The topological polar surface area (TPSA) is 22.1 Å². The van der Waals surface area contributed by atoms with E-state index in [9.17, 15) is 0 Å². The molecule has 0 unspecified atom stereocenters. The third-order valence-electron chi connectivity index (χ3n) is 3.81. The van der Waals surface area contributed by atoms with Gasteiger partial charge in [-0.05, 0) is 48.2 Å². The van der Waals surface area contributed by atoms with Gasteiger partial charge in [-0.1, -0.05) is 62.4 Å². The van der Waals surface area contributed by atoms with Crippen LogP contribution in [0.15, 0.2) is 66.9 Å². The fraction of sp³-hybridized carbons (Fsp3) is 0.227.